The molecule has 140 valence electrons. The zero-order chi connectivity index (χ0) is 20.0. The second-order valence-corrected chi connectivity index (χ2v) is 7.19. The zero-order valence-corrected chi connectivity index (χ0v) is 15.7. The molecule has 3 aromatic rings. The molecule has 29 heavy (non-hydrogen) atoms. The average molecular weight is 378 g/mol. The Balaban J connectivity index is 1.97. The Hall–Kier alpha value is -3.34. The molecule has 0 saturated carbocycles. The third kappa shape index (κ3) is 2.40. The highest BCUT2D eigenvalue weighted by atomic mass is 16.5. The minimum Gasteiger partial charge on any atom is -0.457 e. The Bertz CT molecular complexity index is 1140. The fraction of sp³-hybridized carbons (Fsp3) is 0.0400. The van der Waals surface area contributed by atoms with Gasteiger partial charge < -0.3 is 14.8 Å². The third-order valence-corrected chi connectivity index (χ3v) is 5.75. The fourth-order valence-corrected chi connectivity index (χ4v) is 4.73. The number of ether oxygens (including phenoxy) is 1. The molecule has 2 aliphatic rings. The fourth-order valence-electron chi connectivity index (χ4n) is 4.73. The van der Waals surface area contributed by atoms with Gasteiger partial charge in [-0.15, -0.1) is 0 Å². The summed E-state index contributed by atoms with van der Waals surface area (Å²) in [4.78, 5) is 0. The summed E-state index contributed by atoms with van der Waals surface area (Å²) in [5.74, 6) is 2.74. The van der Waals surface area contributed by atoms with Crippen molar-refractivity contribution in [1.29, 1.82) is 0 Å². The van der Waals surface area contributed by atoms with Crippen molar-refractivity contribution in [3.05, 3.63) is 126 Å². The van der Waals surface area contributed by atoms with Gasteiger partial charge in [0, 0.05) is 11.1 Å². The largest absolute Gasteiger partial charge is 0.480 e. The van der Waals surface area contributed by atoms with Crippen molar-refractivity contribution >= 4 is 7.12 Å². The molecular weight excluding hydrogens is 359 g/mol. The standard InChI is InChI=1S/C25H19BO3/c1-2-23-22(15-16-26(27)28)25(21-13-7-8-14-24(21)29-23)19-11-5-3-9-17(19)18-10-4-6-12-20(18)25/h2-16,27-28H,1H2/b16-15+. The molecular formula is C25H19BO3. The maximum Gasteiger partial charge on any atom is 0.480 e. The van der Waals surface area contributed by atoms with Crippen LogP contribution in [0.5, 0.6) is 5.75 Å². The second kappa shape index (κ2) is 6.62. The number of benzene rings is 3. The van der Waals surface area contributed by atoms with Gasteiger partial charge in [-0.2, -0.15) is 0 Å². The summed E-state index contributed by atoms with van der Waals surface area (Å²) in [5, 5.41) is 19.1. The van der Waals surface area contributed by atoms with Gasteiger partial charge in [0.05, 0.1) is 5.41 Å². The van der Waals surface area contributed by atoms with Crippen LogP contribution in [0.2, 0.25) is 0 Å². The minimum atomic E-state index is -1.56. The molecule has 5 rings (SSSR count). The number of para-hydroxylation sites is 1. The lowest BCUT2D eigenvalue weighted by atomic mass is 9.65. The van der Waals surface area contributed by atoms with Gasteiger partial charge in [-0.3, -0.25) is 0 Å². The van der Waals surface area contributed by atoms with Gasteiger partial charge in [0.15, 0.2) is 0 Å². The van der Waals surface area contributed by atoms with E-state index in [1.54, 1.807) is 12.2 Å². The Kier molecular flexibility index (Phi) is 4.05. The maximum absolute atomic E-state index is 9.54. The molecule has 0 bridgehead atoms. The van der Waals surface area contributed by atoms with Crippen molar-refractivity contribution < 1.29 is 14.8 Å². The summed E-state index contributed by atoms with van der Waals surface area (Å²) in [6, 6.07) is 24.7. The molecule has 1 heterocycles. The van der Waals surface area contributed by atoms with E-state index in [0.29, 0.717) is 5.76 Å². The van der Waals surface area contributed by atoms with Crippen LogP contribution in [0, 0.1) is 0 Å². The van der Waals surface area contributed by atoms with Crippen LogP contribution in [0.3, 0.4) is 0 Å². The Morgan fingerprint density at radius 1 is 0.793 bits per heavy atom. The van der Waals surface area contributed by atoms with Crippen molar-refractivity contribution in [3.63, 3.8) is 0 Å². The summed E-state index contributed by atoms with van der Waals surface area (Å²) in [6.45, 7) is 3.96. The van der Waals surface area contributed by atoms with E-state index in [9.17, 15) is 10.0 Å². The molecule has 0 unspecified atom stereocenters. The third-order valence-electron chi connectivity index (χ3n) is 5.75. The summed E-state index contributed by atoms with van der Waals surface area (Å²) in [5.41, 5.74) is 5.84. The highest BCUT2D eigenvalue weighted by molar-refractivity contribution is 6.47. The van der Waals surface area contributed by atoms with Crippen LogP contribution >= 0.6 is 0 Å². The van der Waals surface area contributed by atoms with E-state index in [-0.39, 0.29) is 0 Å². The predicted molar refractivity (Wildman–Crippen MR) is 115 cm³/mol. The average Bonchev–Trinajstić information content (AvgIpc) is 3.04. The monoisotopic (exact) mass is 378 g/mol. The van der Waals surface area contributed by atoms with Crippen molar-refractivity contribution in [2.24, 2.45) is 0 Å². The zero-order valence-electron chi connectivity index (χ0n) is 15.7. The minimum absolute atomic E-state index is 0.604. The predicted octanol–water partition coefficient (Wildman–Crippen LogP) is 4.40. The molecule has 0 amide bonds. The number of allylic oxidation sites excluding steroid dienone is 3. The highest BCUT2D eigenvalue weighted by Crippen LogP contribution is 2.60. The van der Waals surface area contributed by atoms with Gasteiger partial charge in [-0.05, 0) is 34.4 Å². The van der Waals surface area contributed by atoms with E-state index in [0.717, 1.165) is 28.0 Å². The Morgan fingerprint density at radius 3 is 1.93 bits per heavy atom. The first-order valence-electron chi connectivity index (χ1n) is 9.56. The quantitative estimate of drug-likeness (QED) is 0.665. The number of fused-ring (bicyclic) bond motifs is 7. The molecule has 2 N–H and O–H groups in total. The number of hydrogen-bond donors (Lipinski definition) is 2. The van der Waals surface area contributed by atoms with Gasteiger partial charge in [0.2, 0.25) is 0 Å². The van der Waals surface area contributed by atoms with Crippen LogP contribution < -0.4 is 4.74 Å². The molecule has 0 fully saturated rings. The Labute approximate surface area is 170 Å². The van der Waals surface area contributed by atoms with Crippen LogP contribution in [-0.4, -0.2) is 17.2 Å². The smallest absolute Gasteiger partial charge is 0.457 e. The van der Waals surface area contributed by atoms with E-state index >= 15 is 0 Å². The summed E-state index contributed by atoms with van der Waals surface area (Å²) in [7, 11) is -1.56. The van der Waals surface area contributed by atoms with Gasteiger partial charge in [-0.25, -0.2) is 0 Å². The molecule has 1 aliphatic carbocycles. The Morgan fingerprint density at radius 2 is 1.34 bits per heavy atom. The molecule has 4 heteroatoms. The van der Waals surface area contributed by atoms with Gasteiger partial charge in [0.25, 0.3) is 0 Å². The molecule has 3 aromatic carbocycles. The van der Waals surface area contributed by atoms with E-state index in [2.05, 4.69) is 36.9 Å². The first-order chi connectivity index (χ1) is 14.2. The van der Waals surface area contributed by atoms with E-state index in [1.165, 1.54) is 17.1 Å². The lowest BCUT2D eigenvalue weighted by Gasteiger charge is -2.39. The molecule has 1 aliphatic heterocycles. The first kappa shape index (κ1) is 17.7. The highest BCUT2D eigenvalue weighted by Gasteiger charge is 2.51. The molecule has 0 aromatic heterocycles. The normalized spacial score (nSPS) is 15.7. The summed E-state index contributed by atoms with van der Waals surface area (Å²) >= 11 is 0. The van der Waals surface area contributed by atoms with Crippen LogP contribution in [0.15, 0.2) is 109 Å². The van der Waals surface area contributed by atoms with Crippen molar-refractivity contribution in [2.75, 3.05) is 0 Å². The topological polar surface area (TPSA) is 49.7 Å². The van der Waals surface area contributed by atoms with Crippen LogP contribution in [0.4, 0.5) is 0 Å². The summed E-state index contributed by atoms with van der Waals surface area (Å²) in [6.07, 6.45) is 3.43. The van der Waals surface area contributed by atoms with Gasteiger partial charge in [0.1, 0.15) is 11.5 Å². The van der Waals surface area contributed by atoms with E-state index < -0.39 is 12.5 Å². The van der Waals surface area contributed by atoms with E-state index in [1.807, 2.05) is 42.5 Å². The van der Waals surface area contributed by atoms with E-state index in [4.69, 9.17) is 4.74 Å². The van der Waals surface area contributed by atoms with Crippen molar-refractivity contribution in [2.45, 2.75) is 5.41 Å². The van der Waals surface area contributed by atoms with Crippen LogP contribution in [0.1, 0.15) is 16.7 Å². The van der Waals surface area contributed by atoms with Crippen molar-refractivity contribution in [3.8, 4) is 16.9 Å². The van der Waals surface area contributed by atoms with Crippen LogP contribution in [0.25, 0.3) is 11.1 Å². The SMILES string of the molecule is C=CC1=C(/C=C/B(O)O)C2(c3ccccc3O1)c1ccccc1-c1ccccc12. The first-order valence-corrected chi connectivity index (χ1v) is 9.56. The van der Waals surface area contributed by atoms with Gasteiger partial charge in [-0.1, -0.05) is 85.4 Å². The summed E-state index contributed by atoms with van der Waals surface area (Å²) < 4.78 is 6.19. The molecule has 0 radical (unpaired) electrons. The molecule has 0 atom stereocenters. The number of rotatable bonds is 3. The lowest BCUT2D eigenvalue weighted by Crippen LogP contribution is -2.34. The lowest BCUT2D eigenvalue weighted by molar-refractivity contribution is 0.403. The van der Waals surface area contributed by atoms with Crippen molar-refractivity contribution in [1.82, 2.24) is 0 Å². The maximum atomic E-state index is 9.54. The van der Waals surface area contributed by atoms with Crippen LogP contribution in [-0.2, 0) is 5.41 Å². The second-order valence-electron chi connectivity index (χ2n) is 7.19. The molecule has 1 spiro atoms. The molecule has 0 saturated heterocycles. The molecule has 3 nitrogen and oxygen atoms in total. The van der Waals surface area contributed by atoms with Gasteiger partial charge >= 0.3 is 7.12 Å². The number of hydrogen-bond acceptors (Lipinski definition) is 3.